The third kappa shape index (κ3) is 1.89. The number of carbonyl (C=O) groups excluding carboxylic acids is 1. The van der Waals surface area contributed by atoms with Gasteiger partial charge in [-0.1, -0.05) is 31.0 Å². The summed E-state index contributed by atoms with van der Waals surface area (Å²) in [6.07, 6.45) is 3.48. The van der Waals surface area contributed by atoms with Crippen molar-refractivity contribution in [3.8, 4) is 5.75 Å². The van der Waals surface area contributed by atoms with Crippen molar-refractivity contribution in [1.29, 1.82) is 0 Å². The number of hydrogen-bond donors (Lipinski definition) is 2. The minimum absolute atomic E-state index is 0.334. The Morgan fingerprint density at radius 1 is 1.35 bits per heavy atom. The van der Waals surface area contributed by atoms with E-state index in [4.69, 9.17) is 9.94 Å². The highest BCUT2D eigenvalue weighted by molar-refractivity contribution is 5.88. The van der Waals surface area contributed by atoms with Crippen molar-refractivity contribution in [3.05, 3.63) is 29.8 Å². The highest BCUT2D eigenvalue weighted by atomic mass is 16.5. The van der Waals surface area contributed by atoms with E-state index in [1.807, 2.05) is 24.3 Å². The number of para-hydroxylation sites is 1. The number of methoxy groups -OCH3 is 1. The molecule has 0 radical (unpaired) electrons. The number of benzene rings is 1. The number of hydrogen-bond acceptors (Lipinski definition) is 3. The van der Waals surface area contributed by atoms with Crippen LogP contribution < -0.4 is 10.2 Å². The molecule has 4 heteroatoms. The zero-order valence-electron chi connectivity index (χ0n) is 9.90. The van der Waals surface area contributed by atoms with Gasteiger partial charge >= 0.3 is 0 Å². The number of ether oxygens (including phenoxy) is 1. The first-order chi connectivity index (χ1) is 8.24. The number of hydroxylamine groups is 1. The first-order valence-corrected chi connectivity index (χ1v) is 5.82. The second kappa shape index (κ2) is 4.75. The van der Waals surface area contributed by atoms with E-state index >= 15 is 0 Å². The van der Waals surface area contributed by atoms with Crippen LogP contribution in [0.1, 0.15) is 31.2 Å². The van der Waals surface area contributed by atoms with E-state index < -0.39 is 5.41 Å². The lowest BCUT2D eigenvalue weighted by Crippen LogP contribution is -2.41. The fourth-order valence-electron chi connectivity index (χ4n) is 2.74. The van der Waals surface area contributed by atoms with Gasteiger partial charge in [0.1, 0.15) is 5.75 Å². The van der Waals surface area contributed by atoms with Gasteiger partial charge < -0.3 is 4.74 Å². The van der Waals surface area contributed by atoms with Crippen LogP contribution in [0, 0.1) is 0 Å². The average molecular weight is 235 g/mol. The third-order valence-electron chi connectivity index (χ3n) is 3.62. The lowest BCUT2D eigenvalue weighted by atomic mass is 9.77. The predicted octanol–water partition coefficient (Wildman–Crippen LogP) is 2.01. The van der Waals surface area contributed by atoms with Crippen LogP contribution in [-0.2, 0) is 10.2 Å². The van der Waals surface area contributed by atoms with E-state index in [0.29, 0.717) is 5.75 Å². The number of nitrogens with one attached hydrogen (secondary N) is 1. The van der Waals surface area contributed by atoms with Gasteiger partial charge in [-0.25, -0.2) is 5.48 Å². The van der Waals surface area contributed by atoms with Crippen molar-refractivity contribution in [2.45, 2.75) is 31.1 Å². The van der Waals surface area contributed by atoms with Crippen LogP contribution in [0.25, 0.3) is 0 Å². The zero-order valence-corrected chi connectivity index (χ0v) is 9.90. The normalized spacial score (nSPS) is 17.8. The Hall–Kier alpha value is -1.55. The molecule has 0 aliphatic heterocycles. The maximum absolute atomic E-state index is 12.0. The van der Waals surface area contributed by atoms with Gasteiger partial charge in [0.05, 0.1) is 12.5 Å². The van der Waals surface area contributed by atoms with Crippen molar-refractivity contribution in [2.24, 2.45) is 0 Å². The lowest BCUT2D eigenvalue weighted by molar-refractivity contribution is -0.135. The minimum atomic E-state index is -0.638. The molecule has 1 saturated carbocycles. The molecule has 1 aliphatic rings. The topological polar surface area (TPSA) is 58.6 Å². The maximum Gasteiger partial charge on any atom is 0.254 e. The molecule has 1 aliphatic carbocycles. The monoisotopic (exact) mass is 235 g/mol. The molecule has 4 nitrogen and oxygen atoms in total. The Labute approximate surface area is 101 Å². The van der Waals surface area contributed by atoms with Crippen molar-refractivity contribution in [3.63, 3.8) is 0 Å². The molecule has 0 spiro atoms. The second-order valence-electron chi connectivity index (χ2n) is 4.43. The van der Waals surface area contributed by atoms with Gasteiger partial charge in [0.15, 0.2) is 0 Å². The Kier molecular flexibility index (Phi) is 3.33. The molecular weight excluding hydrogens is 218 g/mol. The Balaban J connectivity index is 2.49. The molecule has 0 heterocycles. The molecule has 0 aromatic heterocycles. The van der Waals surface area contributed by atoms with Crippen LogP contribution in [-0.4, -0.2) is 18.2 Å². The summed E-state index contributed by atoms with van der Waals surface area (Å²) >= 11 is 0. The van der Waals surface area contributed by atoms with Gasteiger partial charge in [-0.15, -0.1) is 0 Å². The van der Waals surface area contributed by atoms with Gasteiger partial charge in [0, 0.05) is 5.56 Å². The predicted molar refractivity (Wildman–Crippen MR) is 63.1 cm³/mol. The molecule has 2 N–H and O–H groups in total. The van der Waals surface area contributed by atoms with Gasteiger partial charge in [-0.05, 0) is 18.9 Å². The average Bonchev–Trinajstić information content (AvgIpc) is 2.88. The number of carbonyl (C=O) groups is 1. The third-order valence-corrected chi connectivity index (χ3v) is 3.62. The summed E-state index contributed by atoms with van der Waals surface area (Å²) in [5, 5.41) is 8.94. The molecule has 1 aromatic carbocycles. The second-order valence-corrected chi connectivity index (χ2v) is 4.43. The zero-order chi connectivity index (χ0) is 12.3. The number of rotatable bonds is 3. The Morgan fingerprint density at radius 3 is 2.59 bits per heavy atom. The van der Waals surface area contributed by atoms with Crippen LogP contribution in [0.3, 0.4) is 0 Å². The summed E-state index contributed by atoms with van der Waals surface area (Å²) < 4.78 is 5.32. The summed E-state index contributed by atoms with van der Waals surface area (Å²) in [4.78, 5) is 12.0. The Morgan fingerprint density at radius 2 is 2.00 bits per heavy atom. The van der Waals surface area contributed by atoms with Gasteiger partial charge in [0.2, 0.25) is 0 Å². The van der Waals surface area contributed by atoms with Crippen LogP contribution in [0.2, 0.25) is 0 Å². The minimum Gasteiger partial charge on any atom is -0.496 e. The van der Waals surface area contributed by atoms with Gasteiger partial charge in [0.25, 0.3) is 5.91 Å². The molecule has 1 aromatic rings. The van der Waals surface area contributed by atoms with E-state index in [1.54, 1.807) is 12.6 Å². The maximum atomic E-state index is 12.0. The molecule has 0 saturated heterocycles. The van der Waals surface area contributed by atoms with E-state index in [9.17, 15) is 4.79 Å². The highest BCUT2D eigenvalue weighted by Gasteiger charge is 2.44. The quantitative estimate of drug-likeness (QED) is 0.622. The van der Waals surface area contributed by atoms with Crippen LogP contribution >= 0.6 is 0 Å². The van der Waals surface area contributed by atoms with E-state index in [1.165, 1.54) is 0 Å². The van der Waals surface area contributed by atoms with E-state index in [2.05, 4.69) is 0 Å². The first-order valence-electron chi connectivity index (χ1n) is 5.82. The highest BCUT2D eigenvalue weighted by Crippen LogP contribution is 2.44. The molecule has 2 rings (SSSR count). The largest absolute Gasteiger partial charge is 0.496 e. The first kappa shape index (κ1) is 11.9. The SMILES string of the molecule is COc1ccccc1C1(C(=O)NO)CCCC1. The van der Waals surface area contributed by atoms with Crippen LogP contribution in [0.15, 0.2) is 24.3 Å². The summed E-state index contributed by atoms with van der Waals surface area (Å²) in [5.41, 5.74) is 2.03. The van der Waals surface area contributed by atoms with Crippen LogP contribution in [0.4, 0.5) is 0 Å². The summed E-state index contributed by atoms with van der Waals surface area (Å²) in [5.74, 6) is 0.373. The van der Waals surface area contributed by atoms with Crippen molar-refractivity contribution in [1.82, 2.24) is 5.48 Å². The molecular formula is C13H17NO3. The molecule has 0 bridgehead atoms. The lowest BCUT2D eigenvalue weighted by Gasteiger charge is -2.28. The van der Waals surface area contributed by atoms with E-state index in [0.717, 1.165) is 31.2 Å². The molecule has 17 heavy (non-hydrogen) atoms. The molecule has 92 valence electrons. The summed E-state index contributed by atoms with van der Waals surface area (Å²) in [6.45, 7) is 0. The Bertz CT molecular complexity index is 411. The van der Waals surface area contributed by atoms with Crippen molar-refractivity contribution < 1.29 is 14.7 Å². The summed E-state index contributed by atoms with van der Waals surface area (Å²) in [7, 11) is 1.60. The molecule has 0 atom stereocenters. The standard InChI is InChI=1S/C13H17NO3/c1-17-11-7-3-2-6-10(11)13(12(15)14-16)8-4-5-9-13/h2-3,6-7,16H,4-5,8-9H2,1H3,(H,14,15). The van der Waals surface area contributed by atoms with Gasteiger partial charge in [-0.2, -0.15) is 0 Å². The molecule has 1 fully saturated rings. The summed E-state index contributed by atoms with van der Waals surface area (Å²) in [6, 6.07) is 7.52. The van der Waals surface area contributed by atoms with Gasteiger partial charge in [-0.3, -0.25) is 10.0 Å². The molecule has 0 unspecified atom stereocenters. The fourth-order valence-corrected chi connectivity index (χ4v) is 2.74. The van der Waals surface area contributed by atoms with E-state index in [-0.39, 0.29) is 5.91 Å². The smallest absolute Gasteiger partial charge is 0.254 e. The van der Waals surface area contributed by atoms with Crippen molar-refractivity contribution >= 4 is 5.91 Å². The molecule has 1 amide bonds. The van der Waals surface area contributed by atoms with Crippen LogP contribution in [0.5, 0.6) is 5.75 Å². The fraction of sp³-hybridized carbons (Fsp3) is 0.462. The van der Waals surface area contributed by atoms with Crippen molar-refractivity contribution in [2.75, 3.05) is 7.11 Å². The number of amides is 1.